The summed E-state index contributed by atoms with van der Waals surface area (Å²) < 4.78 is 5.32. The number of aliphatic hydroxyl groups is 1. The number of aliphatic hydroxyl groups excluding tert-OH is 1. The monoisotopic (exact) mass is 302 g/mol. The van der Waals surface area contributed by atoms with E-state index in [1.54, 1.807) is 11.1 Å². The SMILES string of the molecule is O[C@H]1COC[C@@H]1NC1CCN(c2ccc3c(c2)CCC3)CC1. The van der Waals surface area contributed by atoms with E-state index < -0.39 is 0 Å². The number of hydrogen-bond acceptors (Lipinski definition) is 4. The van der Waals surface area contributed by atoms with E-state index in [0.717, 1.165) is 25.9 Å². The number of hydrogen-bond donors (Lipinski definition) is 2. The largest absolute Gasteiger partial charge is 0.389 e. The van der Waals surface area contributed by atoms with Crippen LogP contribution in [0.2, 0.25) is 0 Å². The Labute approximate surface area is 132 Å². The molecule has 4 rings (SSSR count). The highest BCUT2D eigenvalue weighted by atomic mass is 16.5. The minimum atomic E-state index is -0.338. The zero-order chi connectivity index (χ0) is 14.9. The molecule has 0 saturated carbocycles. The summed E-state index contributed by atoms with van der Waals surface area (Å²) in [7, 11) is 0. The lowest BCUT2D eigenvalue weighted by molar-refractivity contribution is 0.120. The van der Waals surface area contributed by atoms with Crippen LogP contribution in [0.25, 0.3) is 0 Å². The maximum atomic E-state index is 9.84. The number of piperidine rings is 1. The van der Waals surface area contributed by atoms with Gasteiger partial charge < -0.3 is 20.1 Å². The fraction of sp³-hybridized carbons (Fsp3) is 0.667. The van der Waals surface area contributed by atoms with E-state index in [-0.39, 0.29) is 12.1 Å². The summed E-state index contributed by atoms with van der Waals surface area (Å²) in [6.45, 7) is 3.32. The summed E-state index contributed by atoms with van der Waals surface area (Å²) in [6, 6.07) is 7.66. The van der Waals surface area contributed by atoms with Gasteiger partial charge in [0.25, 0.3) is 0 Å². The van der Waals surface area contributed by atoms with Crippen LogP contribution in [0, 0.1) is 0 Å². The Morgan fingerprint density at radius 3 is 2.68 bits per heavy atom. The van der Waals surface area contributed by atoms with Crippen LogP contribution in [0.4, 0.5) is 5.69 Å². The fourth-order valence-electron chi connectivity index (χ4n) is 4.06. The van der Waals surface area contributed by atoms with Crippen molar-refractivity contribution in [3.8, 4) is 0 Å². The number of nitrogens with zero attached hydrogens (tertiary/aromatic N) is 1. The number of fused-ring (bicyclic) bond motifs is 1. The van der Waals surface area contributed by atoms with Crippen LogP contribution in [-0.2, 0) is 17.6 Å². The van der Waals surface area contributed by atoms with Gasteiger partial charge in [-0.2, -0.15) is 0 Å². The Morgan fingerprint density at radius 2 is 1.91 bits per heavy atom. The first-order valence-electron chi connectivity index (χ1n) is 8.68. The number of nitrogens with one attached hydrogen (secondary N) is 1. The zero-order valence-corrected chi connectivity index (χ0v) is 13.1. The Hall–Kier alpha value is -1.10. The van der Waals surface area contributed by atoms with Crippen molar-refractivity contribution in [1.29, 1.82) is 0 Å². The van der Waals surface area contributed by atoms with Crippen LogP contribution in [0.3, 0.4) is 0 Å². The number of benzene rings is 1. The van der Waals surface area contributed by atoms with Gasteiger partial charge in [0, 0.05) is 24.8 Å². The first-order chi connectivity index (χ1) is 10.8. The molecule has 0 aromatic heterocycles. The van der Waals surface area contributed by atoms with Crippen molar-refractivity contribution in [2.75, 3.05) is 31.2 Å². The minimum absolute atomic E-state index is 0.122. The Balaban J connectivity index is 1.33. The molecule has 2 N–H and O–H groups in total. The van der Waals surface area contributed by atoms with Crippen LogP contribution in [0.1, 0.15) is 30.4 Å². The molecule has 2 atom stereocenters. The van der Waals surface area contributed by atoms with Crippen LogP contribution < -0.4 is 10.2 Å². The normalized spacial score (nSPS) is 29.0. The molecule has 2 fully saturated rings. The maximum absolute atomic E-state index is 9.84. The smallest absolute Gasteiger partial charge is 0.0948 e. The van der Waals surface area contributed by atoms with E-state index in [2.05, 4.69) is 28.4 Å². The molecule has 3 aliphatic rings. The first-order valence-corrected chi connectivity index (χ1v) is 8.68. The Kier molecular flexibility index (Phi) is 4.07. The van der Waals surface area contributed by atoms with Crippen molar-refractivity contribution in [3.05, 3.63) is 29.3 Å². The number of aryl methyl sites for hydroxylation is 2. The van der Waals surface area contributed by atoms with Crippen molar-refractivity contribution in [1.82, 2.24) is 5.32 Å². The van der Waals surface area contributed by atoms with E-state index in [1.807, 2.05) is 0 Å². The summed E-state index contributed by atoms with van der Waals surface area (Å²) >= 11 is 0. The highest BCUT2D eigenvalue weighted by Gasteiger charge is 2.29. The standard InChI is InChI=1S/C18H26N2O2/c21-18-12-22-11-17(18)19-15-6-8-20(9-7-15)16-5-4-13-2-1-3-14(13)10-16/h4-5,10,15,17-19,21H,1-3,6-9,11-12H2/t17-,18-/m0/s1. The fourth-order valence-corrected chi connectivity index (χ4v) is 4.06. The summed E-state index contributed by atoms with van der Waals surface area (Å²) in [6.07, 6.45) is 5.76. The number of ether oxygens (including phenoxy) is 1. The maximum Gasteiger partial charge on any atom is 0.0948 e. The van der Waals surface area contributed by atoms with Crippen molar-refractivity contribution in [2.24, 2.45) is 0 Å². The first kappa shape index (κ1) is 14.5. The third kappa shape index (κ3) is 2.87. The van der Waals surface area contributed by atoms with E-state index in [4.69, 9.17) is 4.74 Å². The average Bonchev–Trinajstić information content (AvgIpc) is 3.17. The molecule has 0 amide bonds. The van der Waals surface area contributed by atoms with Crippen LogP contribution in [0.5, 0.6) is 0 Å². The number of anilines is 1. The van der Waals surface area contributed by atoms with Gasteiger partial charge >= 0.3 is 0 Å². The lowest BCUT2D eigenvalue weighted by Gasteiger charge is -2.35. The molecule has 0 spiro atoms. The van der Waals surface area contributed by atoms with Crippen molar-refractivity contribution in [2.45, 2.75) is 50.3 Å². The van der Waals surface area contributed by atoms with Gasteiger partial charge in [0.1, 0.15) is 0 Å². The molecule has 0 radical (unpaired) electrons. The summed E-state index contributed by atoms with van der Waals surface area (Å²) in [4.78, 5) is 2.51. The van der Waals surface area contributed by atoms with Crippen molar-refractivity contribution in [3.63, 3.8) is 0 Å². The van der Waals surface area contributed by atoms with Crippen molar-refractivity contribution >= 4 is 5.69 Å². The lowest BCUT2D eigenvalue weighted by atomic mass is 10.0. The van der Waals surface area contributed by atoms with Crippen LogP contribution >= 0.6 is 0 Å². The summed E-state index contributed by atoms with van der Waals surface area (Å²) in [5, 5.41) is 13.4. The van der Waals surface area contributed by atoms with Gasteiger partial charge in [-0.1, -0.05) is 6.07 Å². The molecule has 0 unspecified atom stereocenters. The third-order valence-electron chi connectivity index (χ3n) is 5.44. The molecule has 22 heavy (non-hydrogen) atoms. The van der Waals surface area contributed by atoms with E-state index in [9.17, 15) is 5.11 Å². The molecular weight excluding hydrogens is 276 g/mol. The summed E-state index contributed by atoms with van der Waals surface area (Å²) in [5.74, 6) is 0. The van der Waals surface area contributed by atoms with E-state index >= 15 is 0 Å². The molecule has 4 heteroatoms. The number of rotatable bonds is 3. The van der Waals surface area contributed by atoms with Gasteiger partial charge in [0.2, 0.25) is 0 Å². The van der Waals surface area contributed by atoms with Gasteiger partial charge in [-0.05, 0) is 55.4 Å². The molecule has 1 aromatic carbocycles. The van der Waals surface area contributed by atoms with Crippen molar-refractivity contribution < 1.29 is 9.84 Å². The molecule has 120 valence electrons. The molecule has 1 aromatic rings. The summed E-state index contributed by atoms with van der Waals surface area (Å²) in [5.41, 5.74) is 4.50. The van der Waals surface area contributed by atoms with Gasteiger partial charge in [-0.15, -0.1) is 0 Å². The van der Waals surface area contributed by atoms with Gasteiger partial charge in [0.05, 0.1) is 25.4 Å². The predicted octanol–water partition coefficient (Wildman–Crippen LogP) is 1.49. The molecule has 0 bridgehead atoms. The average molecular weight is 302 g/mol. The molecule has 2 heterocycles. The Morgan fingerprint density at radius 1 is 1.09 bits per heavy atom. The second-order valence-corrected chi connectivity index (χ2v) is 6.95. The molecule has 2 aliphatic heterocycles. The third-order valence-corrected chi connectivity index (χ3v) is 5.44. The topological polar surface area (TPSA) is 44.7 Å². The van der Waals surface area contributed by atoms with E-state index in [0.29, 0.717) is 19.3 Å². The van der Waals surface area contributed by atoms with Crippen LogP contribution in [0.15, 0.2) is 18.2 Å². The second-order valence-electron chi connectivity index (χ2n) is 6.95. The van der Waals surface area contributed by atoms with Gasteiger partial charge in [0.15, 0.2) is 0 Å². The quantitative estimate of drug-likeness (QED) is 0.888. The molecule has 1 aliphatic carbocycles. The molecular formula is C18H26N2O2. The predicted molar refractivity (Wildman–Crippen MR) is 87.5 cm³/mol. The highest BCUT2D eigenvalue weighted by molar-refractivity contribution is 5.52. The minimum Gasteiger partial charge on any atom is -0.389 e. The zero-order valence-electron chi connectivity index (χ0n) is 13.1. The second kappa shape index (κ2) is 6.19. The Bertz CT molecular complexity index is 526. The van der Waals surface area contributed by atoms with Gasteiger partial charge in [-0.25, -0.2) is 0 Å². The van der Waals surface area contributed by atoms with Crippen LogP contribution in [-0.4, -0.2) is 49.6 Å². The van der Waals surface area contributed by atoms with Gasteiger partial charge in [-0.3, -0.25) is 0 Å². The highest BCUT2D eigenvalue weighted by Crippen LogP contribution is 2.28. The molecule has 4 nitrogen and oxygen atoms in total. The lowest BCUT2D eigenvalue weighted by Crippen LogP contribution is -2.49. The van der Waals surface area contributed by atoms with E-state index in [1.165, 1.54) is 24.9 Å². The molecule has 2 saturated heterocycles.